The maximum absolute atomic E-state index is 11.0. The van der Waals surface area contributed by atoms with Crippen LogP contribution >= 0.6 is 0 Å². The Hall–Kier alpha value is -1.35. The van der Waals surface area contributed by atoms with E-state index in [1.54, 1.807) is 0 Å². The first kappa shape index (κ1) is 7.75. The number of amides is 1. The molecule has 3 heteroatoms. The highest BCUT2D eigenvalue weighted by molar-refractivity contribution is 5.98. The summed E-state index contributed by atoms with van der Waals surface area (Å²) in [6.45, 7) is 0.689. The fourth-order valence-electron chi connectivity index (χ4n) is 1.17. The molecular weight excluding hydrogens is 140 g/mol. The molecule has 4 N–H and O–H groups in total. The van der Waals surface area contributed by atoms with E-state index in [1.807, 2.05) is 24.3 Å². The zero-order valence-corrected chi connectivity index (χ0v) is 6.13. The molecule has 11 heavy (non-hydrogen) atoms. The summed E-state index contributed by atoms with van der Waals surface area (Å²) in [5.41, 5.74) is 1.93. The summed E-state index contributed by atoms with van der Waals surface area (Å²) in [6, 6.07) is 7.63. The molecule has 0 saturated carbocycles. The van der Waals surface area contributed by atoms with Crippen LogP contribution in [0.3, 0.4) is 0 Å². The van der Waals surface area contributed by atoms with Crippen molar-refractivity contribution >= 4 is 5.91 Å². The zero-order chi connectivity index (χ0) is 6.97. The third-order valence-electron chi connectivity index (χ3n) is 1.70. The van der Waals surface area contributed by atoms with E-state index in [4.69, 9.17) is 0 Å². The molecule has 3 nitrogen and oxygen atoms in total. The van der Waals surface area contributed by atoms with E-state index in [0.717, 1.165) is 11.1 Å². The SMILES string of the molecule is N.O=C1NCc2ccccc21. The summed E-state index contributed by atoms with van der Waals surface area (Å²) >= 11 is 0. The van der Waals surface area contributed by atoms with Crippen molar-refractivity contribution in [3.05, 3.63) is 35.4 Å². The lowest BCUT2D eigenvalue weighted by molar-refractivity contribution is 0.0966. The molecule has 0 spiro atoms. The highest BCUT2D eigenvalue weighted by Gasteiger charge is 2.16. The first-order chi connectivity index (χ1) is 4.88. The van der Waals surface area contributed by atoms with Crippen LogP contribution < -0.4 is 11.5 Å². The van der Waals surface area contributed by atoms with Crippen molar-refractivity contribution in [1.29, 1.82) is 0 Å². The van der Waals surface area contributed by atoms with Crippen LogP contribution in [0.5, 0.6) is 0 Å². The molecule has 58 valence electrons. The molecule has 1 amide bonds. The third kappa shape index (κ3) is 1.10. The van der Waals surface area contributed by atoms with E-state index < -0.39 is 0 Å². The van der Waals surface area contributed by atoms with Crippen molar-refractivity contribution in [2.75, 3.05) is 0 Å². The van der Waals surface area contributed by atoms with Crippen molar-refractivity contribution in [3.8, 4) is 0 Å². The van der Waals surface area contributed by atoms with E-state index in [1.165, 1.54) is 0 Å². The minimum absolute atomic E-state index is 0. The topological polar surface area (TPSA) is 64.1 Å². The second kappa shape index (κ2) is 2.72. The number of benzene rings is 1. The van der Waals surface area contributed by atoms with Crippen LogP contribution in [0.15, 0.2) is 24.3 Å². The second-order valence-corrected chi connectivity index (χ2v) is 2.34. The van der Waals surface area contributed by atoms with E-state index in [9.17, 15) is 4.79 Å². The number of carbonyl (C=O) groups excluding carboxylic acids is 1. The van der Waals surface area contributed by atoms with Crippen LogP contribution in [0.2, 0.25) is 0 Å². The van der Waals surface area contributed by atoms with Gasteiger partial charge in [0.15, 0.2) is 0 Å². The molecule has 0 atom stereocenters. The molecule has 1 aromatic carbocycles. The van der Waals surface area contributed by atoms with Crippen LogP contribution in [0.25, 0.3) is 0 Å². The van der Waals surface area contributed by atoms with Gasteiger partial charge in [-0.2, -0.15) is 0 Å². The monoisotopic (exact) mass is 150 g/mol. The lowest BCUT2D eigenvalue weighted by atomic mass is 10.1. The Morgan fingerprint density at radius 3 is 2.73 bits per heavy atom. The van der Waals surface area contributed by atoms with Crippen molar-refractivity contribution < 1.29 is 4.79 Å². The van der Waals surface area contributed by atoms with Gasteiger partial charge >= 0.3 is 0 Å². The van der Waals surface area contributed by atoms with Crippen molar-refractivity contribution in [1.82, 2.24) is 11.5 Å². The van der Waals surface area contributed by atoms with Gasteiger partial charge < -0.3 is 11.5 Å². The van der Waals surface area contributed by atoms with E-state index in [0.29, 0.717) is 6.54 Å². The maximum Gasteiger partial charge on any atom is 0.251 e. The largest absolute Gasteiger partial charge is 0.348 e. The van der Waals surface area contributed by atoms with Crippen LogP contribution in [0.1, 0.15) is 15.9 Å². The first-order valence-corrected chi connectivity index (χ1v) is 3.24. The normalized spacial score (nSPS) is 13.3. The van der Waals surface area contributed by atoms with Gasteiger partial charge in [-0.05, 0) is 11.6 Å². The molecule has 0 radical (unpaired) electrons. The maximum atomic E-state index is 11.0. The molecule has 1 heterocycles. The molecular formula is C8H10N2O. The Morgan fingerprint density at radius 1 is 1.27 bits per heavy atom. The second-order valence-electron chi connectivity index (χ2n) is 2.34. The van der Waals surface area contributed by atoms with Gasteiger partial charge in [-0.1, -0.05) is 18.2 Å². The third-order valence-corrected chi connectivity index (χ3v) is 1.70. The first-order valence-electron chi connectivity index (χ1n) is 3.24. The minimum atomic E-state index is 0. The average Bonchev–Trinajstić information content (AvgIpc) is 2.34. The van der Waals surface area contributed by atoms with Gasteiger partial charge in [0.05, 0.1) is 0 Å². The average molecular weight is 150 g/mol. The van der Waals surface area contributed by atoms with Crippen molar-refractivity contribution in [2.45, 2.75) is 6.54 Å². The molecule has 1 aliphatic heterocycles. The molecule has 0 fully saturated rings. The fourth-order valence-corrected chi connectivity index (χ4v) is 1.17. The summed E-state index contributed by atoms with van der Waals surface area (Å²) in [4.78, 5) is 11.0. The van der Waals surface area contributed by atoms with Gasteiger partial charge in [-0.15, -0.1) is 0 Å². The standard InChI is InChI=1S/C8H7NO.H3N/c10-8-7-4-2-1-3-6(7)5-9-8;/h1-4H,5H2,(H,9,10);1H3. The van der Waals surface area contributed by atoms with E-state index >= 15 is 0 Å². The predicted octanol–water partition coefficient (Wildman–Crippen LogP) is 1.09. The number of nitrogens with one attached hydrogen (secondary N) is 1. The lowest BCUT2D eigenvalue weighted by Crippen LogP contribution is -2.12. The number of rotatable bonds is 0. The van der Waals surface area contributed by atoms with E-state index in [-0.39, 0.29) is 12.1 Å². The highest BCUT2D eigenvalue weighted by Crippen LogP contribution is 2.13. The molecule has 2 rings (SSSR count). The molecule has 0 unspecified atom stereocenters. The Labute approximate surface area is 65.0 Å². The van der Waals surface area contributed by atoms with Crippen LogP contribution in [-0.4, -0.2) is 5.91 Å². The van der Waals surface area contributed by atoms with Crippen molar-refractivity contribution in [3.63, 3.8) is 0 Å². The number of carbonyl (C=O) groups is 1. The van der Waals surface area contributed by atoms with Crippen LogP contribution in [-0.2, 0) is 6.54 Å². The summed E-state index contributed by atoms with van der Waals surface area (Å²) < 4.78 is 0. The molecule has 1 aliphatic rings. The van der Waals surface area contributed by atoms with Crippen LogP contribution in [0.4, 0.5) is 0 Å². The Balaban J connectivity index is 0.000000605. The molecule has 1 aromatic rings. The summed E-state index contributed by atoms with van der Waals surface area (Å²) in [6.07, 6.45) is 0. The zero-order valence-electron chi connectivity index (χ0n) is 6.13. The van der Waals surface area contributed by atoms with Gasteiger partial charge in [0.25, 0.3) is 5.91 Å². The molecule has 0 saturated heterocycles. The Morgan fingerprint density at radius 2 is 2.00 bits per heavy atom. The van der Waals surface area contributed by atoms with Gasteiger partial charge in [0.1, 0.15) is 0 Å². The lowest BCUT2D eigenvalue weighted by Gasteiger charge is -1.89. The molecule has 0 bridgehead atoms. The number of hydrogen-bond acceptors (Lipinski definition) is 2. The summed E-state index contributed by atoms with van der Waals surface area (Å²) in [7, 11) is 0. The van der Waals surface area contributed by atoms with Gasteiger partial charge in [-0.25, -0.2) is 0 Å². The van der Waals surface area contributed by atoms with Gasteiger partial charge in [-0.3, -0.25) is 4.79 Å². The summed E-state index contributed by atoms with van der Waals surface area (Å²) in [5, 5.41) is 2.75. The fraction of sp³-hybridized carbons (Fsp3) is 0.125. The molecule has 0 aliphatic carbocycles. The minimum Gasteiger partial charge on any atom is -0.348 e. The Bertz CT molecular complexity index is 283. The summed E-state index contributed by atoms with van der Waals surface area (Å²) in [5.74, 6) is 0.0515. The van der Waals surface area contributed by atoms with Gasteiger partial charge in [0, 0.05) is 12.1 Å². The Kier molecular flexibility index (Phi) is 1.92. The molecule has 0 aromatic heterocycles. The highest BCUT2D eigenvalue weighted by atomic mass is 16.1. The van der Waals surface area contributed by atoms with Crippen molar-refractivity contribution in [2.24, 2.45) is 0 Å². The smallest absolute Gasteiger partial charge is 0.251 e. The van der Waals surface area contributed by atoms with Crippen LogP contribution in [0, 0.1) is 0 Å². The number of hydrogen-bond donors (Lipinski definition) is 2. The van der Waals surface area contributed by atoms with E-state index in [2.05, 4.69) is 5.32 Å². The quantitative estimate of drug-likeness (QED) is 0.581. The predicted molar refractivity (Wildman–Crippen MR) is 42.6 cm³/mol. The van der Waals surface area contributed by atoms with Gasteiger partial charge in [0.2, 0.25) is 0 Å². The number of fused-ring (bicyclic) bond motifs is 1.